The van der Waals surface area contributed by atoms with Gasteiger partial charge in [0.15, 0.2) is 0 Å². The number of rotatable bonds is 5. The SMILES string of the molecule is CNNc1c(C)cc(C(P)(C(C)(C)P)C(P)(P)P)cc1C. The van der Waals surface area contributed by atoms with Gasteiger partial charge in [-0.1, -0.05) is 26.0 Å². The van der Waals surface area contributed by atoms with Crippen molar-refractivity contribution in [2.45, 2.75) is 42.6 Å². The minimum absolute atomic E-state index is 0.000250. The molecule has 0 aromatic heterocycles. The summed E-state index contributed by atoms with van der Waals surface area (Å²) in [6.07, 6.45) is 0. The van der Waals surface area contributed by atoms with Crippen molar-refractivity contribution in [1.82, 2.24) is 5.43 Å². The number of hydrogen-bond acceptors (Lipinski definition) is 2. The summed E-state index contributed by atoms with van der Waals surface area (Å²) in [5.74, 6) is 0. The molecule has 1 rings (SSSR count). The molecule has 0 heterocycles. The maximum atomic E-state index is 3.22. The molecule has 1 aromatic rings. The Morgan fingerprint density at radius 3 is 1.62 bits per heavy atom. The Morgan fingerprint density at radius 1 is 0.905 bits per heavy atom. The summed E-state index contributed by atoms with van der Waals surface area (Å²) >= 11 is 0. The fraction of sp³-hybridized carbons (Fsp3) is 0.571. The Labute approximate surface area is 141 Å². The molecule has 0 saturated carbocycles. The lowest BCUT2D eigenvalue weighted by Gasteiger charge is -2.51. The van der Waals surface area contributed by atoms with Gasteiger partial charge in [-0.15, -0.1) is 46.2 Å². The van der Waals surface area contributed by atoms with Crippen LogP contribution in [0.5, 0.6) is 0 Å². The number of anilines is 1. The molecule has 21 heavy (non-hydrogen) atoms. The van der Waals surface area contributed by atoms with Crippen molar-refractivity contribution in [1.29, 1.82) is 0 Å². The number of aryl methyl sites for hydroxylation is 2. The molecule has 0 aliphatic heterocycles. The van der Waals surface area contributed by atoms with Crippen molar-refractivity contribution < 1.29 is 0 Å². The molecule has 2 N–H and O–H groups in total. The van der Waals surface area contributed by atoms with E-state index in [4.69, 9.17) is 0 Å². The second kappa shape index (κ2) is 6.94. The van der Waals surface area contributed by atoms with E-state index in [2.05, 4.69) is 96.9 Å². The number of hydrazine groups is 1. The zero-order valence-electron chi connectivity index (χ0n) is 13.5. The van der Waals surface area contributed by atoms with E-state index in [0.29, 0.717) is 0 Å². The average molecular weight is 380 g/mol. The van der Waals surface area contributed by atoms with Gasteiger partial charge in [0.2, 0.25) is 0 Å². The van der Waals surface area contributed by atoms with E-state index in [9.17, 15) is 0 Å². The molecular formula is C14H29N2P5. The predicted molar refractivity (Wildman–Crippen MR) is 116 cm³/mol. The van der Waals surface area contributed by atoms with Crippen LogP contribution in [0.4, 0.5) is 5.69 Å². The first-order valence-corrected chi connectivity index (χ1v) is 9.73. The molecule has 0 aliphatic carbocycles. The third-order valence-corrected chi connectivity index (χ3v) is 8.67. The zero-order valence-corrected chi connectivity index (χ0v) is 19.3. The van der Waals surface area contributed by atoms with Crippen molar-refractivity contribution in [2.75, 3.05) is 12.5 Å². The molecule has 120 valence electrons. The molecule has 2 nitrogen and oxygen atoms in total. The van der Waals surface area contributed by atoms with Gasteiger partial charge in [0.05, 0.1) is 5.69 Å². The summed E-state index contributed by atoms with van der Waals surface area (Å²) in [5, 5.41) is -0.141. The molecule has 0 saturated heterocycles. The summed E-state index contributed by atoms with van der Waals surface area (Å²) in [6, 6.07) is 4.55. The maximum Gasteiger partial charge on any atom is 0.0545 e. The highest BCUT2D eigenvalue weighted by atomic mass is 31.1. The van der Waals surface area contributed by atoms with Gasteiger partial charge in [-0.05, 0) is 35.7 Å². The number of hydrogen-bond donors (Lipinski definition) is 2. The van der Waals surface area contributed by atoms with Crippen molar-refractivity contribution >= 4 is 51.9 Å². The molecule has 0 radical (unpaired) electrons. The summed E-state index contributed by atoms with van der Waals surface area (Å²) in [6.45, 7) is 8.80. The Balaban J connectivity index is 3.56. The van der Waals surface area contributed by atoms with Gasteiger partial charge in [0.1, 0.15) is 0 Å². The molecular weight excluding hydrogens is 351 g/mol. The van der Waals surface area contributed by atoms with Crippen molar-refractivity contribution in [3.8, 4) is 0 Å². The van der Waals surface area contributed by atoms with Crippen LogP contribution in [0.25, 0.3) is 0 Å². The maximum absolute atomic E-state index is 3.22. The Bertz CT molecular complexity index is 480. The second-order valence-corrected chi connectivity index (χ2v) is 13.5. The van der Waals surface area contributed by atoms with Crippen molar-refractivity contribution in [3.63, 3.8) is 0 Å². The van der Waals surface area contributed by atoms with Gasteiger partial charge in [-0.3, -0.25) is 0 Å². The zero-order chi connectivity index (χ0) is 16.6. The lowest BCUT2D eigenvalue weighted by atomic mass is 9.85. The van der Waals surface area contributed by atoms with Gasteiger partial charge in [0, 0.05) is 16.8 Å². The van der Waals surface area contributed by atoms with E-state index in [1.165, 1.54) is 16.7 Å². The van der Waals surface area contributed by atoms with Crippen LogP contribution in [0, 0.1) is 13.8 Å². The van der Waals surface area contributed by atoms with Crippen LogP contribution in [0.2, 0.25) is 0 Å². The quantitative estimate of drug-likeness (QED) is 0.599. The van der Waals surface area contributed by atoms with Gasteiger partial charge in [-0.25, -0.2) is 5.43 Å². The predicted octanol–water partition coefficient (Wildman–Crippen LogP) is 3.85. The van der Waals surface area contributed by atoms with Crippen LogP contribution in [-0.4, -0.2) is 16.8 Å². The Hall–Kier alpha value is 1.13. The van der Waals surface area contributed by atoms with E-state index < -0.39 is 0 Å². The molecule has 7 heteroatoms. The van der Waals surface area contributed by atoms with E-state index in [-0.39, 0.29) is 15.0 Å². The molecule has 0 spiro atoms. The Kier molecular flexibility index (Phi) is 6.67. The van der Waals surface area contributed by atoms with Crippen LogP contribution in [0.3, 0.4) is 0 Å². The molecule has 0 amide bonds. The standard InChI is InChI=1S/C14H29N2P5/c1-8-6-10(7-9(2)11(8)16-15-5)13(18,12(3,4)17)14(19,20)21/h6-7,15-16H,17-21H2,1-5H3. The van der Waals surface area contributed by atoms with Gasteiger partial charge in [-0.2, -0.15) is 0 Å². The van der Waals surface area contributed by atoms with E-state index in [0.717, 1.165) is 5.69 Å². The summed E-state index contributed by atoms with van der Waals surface area (Å²) in [7, 11) is 16.8. The fourth-order valence-corrected chi connectivity index (χ4v) is 5.39. The minimum atomic E-state index is -0.141. The van der Waals surface area contributed by atoms with E-state index in [1.807, 2.05) is 7.05 Å². The Morgan fingerprint density at radius 2 is 1.33 bits per heavy atom. The molecule has 0 aliphatic rings. The topological polar surface area (TPSA) is 24.1 Å². The summed E-state index contributed by atoms with van der Waals surface area (Å²) in [4.78, 5) is 0. The van der Waals surface area contributed by atoms with Gasteiger partial charge >= 0.3 is 0 Å². The largest absolute Gasteiger partial charge is 0.321 e. The monoisotopic (exact) mass is 380 g/mol. The van der Waals surface area contributed by atoms with Crippen LogP contribution in [-0.2, 0) is 5.16 Å². The number of nitrogens with one attached hydrogen (secondary N) is 2. The molecule has 6 unspecified atom stereocenters. The van der Waals surface area contributed by atoms with Gasteiger partial charge < -0.3 is 5.43 Å². The van der Waals surface area contributed by atoms with Crippen LogP contribution in [0.15, 0.2) is 12.1 Å². The first-order chi connectivity index (χ1) is 9.36. The van der Waals surface area contributed by atoms with Crippen LogP contribution < -0.4 is 10.9 Å². The number of benzene rings is 1. The van der Waals surface area contributed by atoms with Crippen molar-refractivity contribution in [3.05, 3.63) is 28.8 Å². The first-order valence-electron chi connectivity index (χ1n) is 6.85. The molecule has 0 fully saturated rings. The molecule has 6 atom stereocenters. The third-order valence-electron chi connectivity index (χ3n) is 3.94. The highest BCUT2D eigenvalue weighted by molar-refractivity contribution is 7.59. The minimum Gasteiger partial charge on any atom is -0.321 e. The van der Waals surface area contributed by atoms with Gasteiger partial charge in [0.25, 0.3) is 0 Å². The highest BCUT2D eigenvalue weighted by Crippen LogP contribution is 2.63. The molecule has 1 aromatic carbocycles. The smallest absolute Gasteiger partial charge is 0.0545 e. The lowest BCUT2D eigenvalue weighted by molar-refractivity contribution is 0.509. The normalized spacial score (nSPS) is 15.7. The summed E-state index contributed by atoms with van der Waals surface area (Å²) < 4.78 is -0.125. The lowest BCUT2D eigenvalue weighted by Crippen LogP contribution is -2.47. The van der Waals surface area contributed by atoms with E-state index in [1.54, 1.807) is 0 Å². The van der Waals surface area contributed by atoms with E-state index >= 15 is 0 Å². The first kappa shape index (κ1) is 20.2. The third kappa shape index (κ3) is 3.97. The average Bonchev–Trinajstić information content (AvgIpc) is 2.29. The van der Waals surface area contributed by atoms with Crippen LogP contribution in [0.1, 0.15) is 30.5 Å². The molecule has 0 bridgehead atoms. The fourth-order valence-electron chi connectivity index (χ4n) is 2.69. The van der Waals surface area contributed by atoms with Crippen molar-refractivity contribution in [2.24, 2.45) is 0 Å². The second-order valence-electron chi connectivity index (χ2n) is 6.32. The van der Waals surface area contributed by atoms with Crippen LogP contribution >= 0.6 is 46.2 Å². The summed E-state index contributed by atoms with van der Waals surface area (Å²) in [5.41, 5.74) is 11.2. The highest BCUT2D eigenvalue weighted by Gasteiger charge is 2.49.